The van der Waals surface area contributed by atoms with Gasteiger partial charge in [-0.1, -0.05) is 24.3 Å². The molecular weight excluding hydrogens is 322 g/mol. The van der Waals surface area contributed by atoms with Crippen LogP contribution in [0.4, 0.5) is 11.5 Å². The molecule has 1 atom stereocenters. The second-order valence-electron chi connectivity index (χ2n) is 6.73. The molecule has 1 aliphatic heterocycles. The van der Waals surface area contributed by atoms with Gasteiger partial charge in [0, 0.05) is 42.3 Å². The summed E-state index contributed by atoms with van der Waals surface area (Å²) in [6, 6.07) is 16.8. The SMILES string of the molecule is Cc1nc(-c2ccccn2)nc(NC2CCN(c3ccccc3)C2)c1C. The van der Waals surface area contributed by atoms with E-state index in [2.05, 4.69) is 57.4 Å². The lowest BCUT2D eigenvalue weighted by Crippen LogP contribution is -2.26. The maximum Gasteiger partial charge on any atom is 0.180 e. The molecule has 5 heteroatoms. The van der Waals surface area contributed by atoms with Gasteiger partial charge in [-0.15, -0.1) is 0 Å². The Morgan fingerprint density at radius 2 is 1.81 bits per heavy atom. The molecule has 1 fully saturated rings. The fourth-order valence-corrected chi connectivity index (χ4v) is 3.32. The van der Waals surface area contributed by atoms with Crippen molar-refractivity contribution in [3.05, 3.63) is 66.0 Å². The molecule has 0 saturated carbocycles. The van der Waals surface area contributed by atoms with Gasteiger partial charge in [0.25, 0.3) is 0 Å². The summed E-state index contributed by atoms with van der Waals surface area (Å²) in [6.07, 6.45) is 2.87. The molecule has 5 nitrogen and oxygen atoms in total. The molecular formula is C21H23N5. The van der Waals surface area contributed by atoms with Crippen molar-refractivity contribution in [1.82, 2.24) is 15.0 Å². The van der Waals surface area contributed by atoms with Gasteiger partial charge in [-0.3, -0.25) is 4.98 Å². The Kier molecular flexibility index (Phi) is 4.52. The highest BCUT2D eigenvalue weighted by Crippen LogP contribution is 2.25. The lowest BCUT2D eigenvalue weighted by molar-refractivity contribution is 0.796. The van der Waals surface area contributed by atoms with Crippen LogP contribution in [0.3, 0.4) is 0 Å². The van der Waals surface area contributed by atoms with Crippen molar-refractivity contribution in [2.45, 2.75) is 26.3 Å². The van der Waals surface area contributed by atoms with Gasteiger partial charge in [-0.05, 0) is 44.5 Å². The molecule has 1 saturated heterocycles. The molecule has 1 aliphatic rings. The molecule has 0 spiro atoms. The molecule has 4 rings (SSSR count). The summed E-state index contributed by atoms with van der Waals surface area (Å²) in [7, 11) is 0. The predicted octanol–water partition coefficient (Wildman–Crippen LogP) is 3.85. The Morgan fingerprint density at radius 1 is 1.00 bits per heavy atom. The van der Waals surface area contributed by atoms with E-state index in [0.717, 1.165) is 42.3 Å². The molecule has 0 amide bonds. The largest absolute Gasteiger partial charge is 0.369 e. The van der Waals surface area contributed by atoms with Gasteiger partial charge in [0.15, 0.2) is 5.82 Å². The van der Waals surface area contributed by atoms with Crippen LogP contribution in [-0.2, 0) is 0 Å². The van der Waals surface area contributed by atoms with E-state index in [1.807, 2.05) is 25.1 Å². The molecule has 3 heterocycles. The number of pyridine rings is 1. The van der Waals surface area contributed by atoms with Gasteiger partial charge in [0.1, 0.15) is 11.5 Å². The Balaban J connectivity index is 1.54. The van der Waals surface area contributed by atoms with Crippen molar-refractivity contribution < 1.29 is 0 Å². The number of benzene rings is 1. The third-order valence-corrected chi connectivity index (χ3v) is 4.93. The molecule has 3 aromatic rings. The molecule has 132 valence electrons. The number of rotatable bonds is 4. The number of anilines is 2. The molecule has 1 unspecified atom stereocenters. The summed E-state index contributed by atoms with van der Waals surface area (Å²) in [5.74, 6) is 1.59. The second kappa shape index (κ2) is 7.12. The predicted molar refractivity (Wildman–Crippen MR) is 105 cm³/mol. The summed E-state index contributed by atoms with van der Waals surface area (Å²) in [5, 5.41) is 3.64. The first kappa shape index (κ1) is 16.5. The summed E-state index contributed by atoms with van der Waals surface area (Å²) in [4.78, 5) is 16.2. The number of nitrogens with one attached hydrogen (secondary N) is 1. The van der Waals surface area contributed by atoms with Gasteiger partial charge in [0.05, 0.1) is 0 Å². The van der Waals surface area contributed by atoms with Crippen LogP contribution in [0.5, 0.6) is 0 Å². The number of para-hydroxylation sites is 1. The van der Waals surface area contributed by atoms with Crippen molar-refractivity contribution >= 4 is 11.5 Å². The highest BCUT2D eigenvalue weighted by Gasteiger charge is 2.24. The lowest BCUT2D eigenvalue weighted by Gasteiger charge is -2.20. The third-order valence-electron chi connectivity index (χ3n) is 4.93. The molecule has 0 radical (unpaired) electrons. The first-order valence-corrected chi connectivity index (χ1v) is 9.04. The van der Waals surface area contributed by atoms with Crippen LogP contribution in [-0.4, -0.2) is 34.1 Å². The van der Waals surface area contributed by atoms with Crippen LogP contribution in [0.25, 0.3) is 11.5 Å². The first-order valence-electron chi connectivity index (χ1n) is 9.04. The maximum atomic E-state index is 4.76. The number of hydrogen-bond donors (Lipinski definition) is 1. The molecule has 0 bridgehead atoms. The van der Waals surface area contributed by atoms with E-state index in [0.29, 0.717) is 11.9 Å². The van der Waals surface area contributed by atoms with Crippen LogP contribution in [0.1, 0.15) is 17.7 Å². The topological polar surface area (TPSA) is 53.9 Å². The number of nitrogens with zero attached hydrogens (tertiary/aromatic N) is 4. The second-order valence-corrected chi connectivity index (χ2v) is 6.73. The van der Waals surface area contributed by atoms with E-state index in [1.165, 1.54) is 5.69 Å². The minimum absolute atomic E-state index is 0.375. The smallest absolute Gasteiger partial charge is 0.180 e. The number of aromatic nitrogens is 3. The van der Waals surface area contributed by atoms with Gasteiger partial charge < -0.3 is 10.2 Å². The van der Waals surface area contributed by atoms with E-state index < -0.39 is 0 Å². The first-order chi connectivity index (χ1) is 12.7. The Labute approximate surface area is 154 Å². The summed E-state index contributed by atoms with van der Waals surface area (Å²) in [6.45, 7) is 6.13. The standard InChI is InChI=1S/C21H23N5/c1-15-16(2)23-21(19-10-6-7-12-22-19)25-20(15)24-17-11-13-26(14-17)18-8-4-3-5-9-18/h3-10,12,17H,11,13-14H2,1-2H3,(H,23,24,25). The summed E-state index contributed by atoms with van der Waals surface area (Å²) in [5.41, 5.74) is 4.17. The van der Waals surface area contributed by atoms with Gasteiger partial charge in [-0.25, -0.2) is 9.97 Å². The zero-order valence-electron chi connectivity index (χ0n) is 15.2. The molecule has 2 aromatic heterocycles. The van der Waals surface area contributed by atoms with E-state index in [1.54, 1.807) is 6.20 Å². The Bertz CT molecular complexity index is 880. The summed E-state index contributed by atoms with van der Waals surface area (Å²) >= 11 is 0. The lowest BCUT2D eigenvalue weighted by atomic mass is 10.2. The minimum Gasteiger partial charge on any atom is -0.369 e. The van der Waals surface area contributed by atoms with E-state index >= 15 is 0 Å². The quantitative estimate of drug-likeness (QED) is 0.778. The third kappa shape index (κ3) is 3.38. The van der Waals surface area contributed by atoms with Crippen LogP contribution < -0.4 is 10.2 Å². The van der Waals surface area contributed by atoms with Crippen LogP contribution >= 0.6 is 0 Å². The van der Waals surface area contributed by atoms with E-state index in [-0.39, 0.29) is 0 Å². The van der Waals surface area contributed by atoms with Gasteiger partial charge in [0.2, 0.25) is 0 Å². The number of aryl methyl sites for hydroxylation is 1. The Hall–Kier alpha value is -2.95. The van der Waals surface area contributed by atoms with Gasteiger partial charge in [-0.2, -0.15) is 0 Å². The van der Waals surface area contributed by atoms with Crippen molar-refractivity contribution in [2.75, 3.05) is 23.3 Å². The molecule has 1 N–H and O–H groups in total. The Morgan fingerprint density at radius 3 is 2.58 bits per heavy atom. The van der Waals surface area contributed by atoms with E-state index in [4.69, 9.17) is 4.98 Å². The molecule has 1 aromatic carbocycles. The average Bonchev–Trinajstić information content (AvgIpc) is 3.15. The van der Waals surface area contributed by atoms with Crippen LogP contribution in [0, 0.1) is 13.8 Å². The van der Waals surface area contributed by atoms with Crippen LogP contribution in [0.2, 0.25) is 0 Å². The highest BCUT2D eigenvalue weighted by atomic mass is 15.2. The van der Waals surface area contributed by atoms with E-state index in [9.17, 15) is 0 Å². The molecule has 0 aliphatic carbocycles. The zero-order valence-corrected chi connectivity index (χ0v) is 15.2. The monoisotopic (exact) mass is 345 g/mol. The maximum absolute atomic E-state index is 4.76. The minimum atomic E-state index is 0.375. The molecule has 26 heavy (non-hydrogen) atoms. The summed E-state index contributed by atoms with van der Waals surface area (Å²) < 4.78 is 0. The number of hydrogen-bond acceptors (Lipinski definition) is 5. The van der Waals surface area contributed by atoms with Crippen molar-refractivity contribution in [2.24, 2.45) is 0 Å². The van der Waals surface area contributed by atoms with Crippen molar-refractivity contribution in [3.8, 4) is 11.5 Å². The highest BCUT2D eigenvalue weighted by molar-refractivity contribution is 5.57. The average molecular weight is 345 g/mol. The van der Waals surface area contributed by atoms with Gasteiger partial charge >= 0.3 is 0 Å². The zero-order chi connectivity index (χ0) is 17.9. The van der Waals surface area contributed by atoms with Crippen molar-refractivity contribution in [3.63, 3.8) is 0 Å². The normalized spacial score (nSPS) is 16.7. The van der Waals surface area contributed by atoms with Crippen molar-refractivity contribution in [1.29, 1.82) is 0 Å². The fraction of sp³-hybridized carbons (Fsp3) is 0.286. The van der Waals surface area contributed by atoms with Crippen LogP contribution in [0.15, 0.2) is 54.7 Å². The fourth-order valence-electron chi connectivity index (χ4n) is 3.32.